The molecule has 4 heterocycles. The molecule has 6 rings (SSSR count). The van der Waals surface area contributed by atoms with E-state index in [2.05, 4.69) is 22.6 Å². The van der Waals surface area contributed by atoms with E-state index in [4.69, 9.17) is 4.98 Å². The fraction of sp³-hybridized carbons (Fsp3) is 0.400. The monoisotopic (exact) mass is 461 g/mol. The number of nitrogens with zero attached hydrogens (tertiary/aromatic N) is 3. The highest BCUT2D eigenvalue weighted by Crippen LogP contribution is 2.31. The van der Waals surface area contributed by atoms with Crippen LogP contribution in [0.3, 0.4) is 0 Å². The van der Waals surface area contributed by atoms with E-state index in [1.165, 1.54) is 30.6 Å². The Morgan fingerprint density at radius 3 is 2.82 bits per heavy atom. The number of amides is 1. The summed E-state index contributed by atoms with van der Waals surface area (Å²) in [5.41, 5.74) is 1.53. The van der Waals surface area contributed by atoms with Gasteiger partial charge in [-0.15, -0.1) is 11.3 Å². The standard InChI is InChI=1S/C25H27N5O2S/c1-29-13-5-4-6-16(29)14-26-20-12-11-17-22(31)21(24(32)27-15-9-10-15)25-30(23(17)28-20)18-7-2-3-8-19(18)33-25/h2-3,7-8,11-12,15-16H,4-6,9-10,13-14H2,1H3,(H,26,28)(H,27,32). The molecule has 2 aliphatic rings. The van der Waals surface area contributed by atoms with Crippen molar-refractivity contribution in [3.05, 3.63) is 52.2 Å². The third kappa shape index (κ3) is 3.67. The van der Waals surface area contributed by atoms with Gasteiger partial charge in [0.15, 0.2) is 5.65 Å². The number of anilines is 1. The molecule has 1 aromatic carbocycles. The number of rotatable bonds is 5. The maximum absolute atomic E-state index is 13.5. The number of thiazole rings is 1. The van der Waals surface area contributed by atoms with Crippen molar-refractivity contribution in [1.29, 1.82) is 0 Å². The van der Waals surface area contributed by atoms with Crippen molar-refractivity contribution in [3.63, 3.8) is 0 Å². The van der Waals surface area contributed by atoms with Crippen LogP contribution in [-0.4, -0.2) is 52.4 Å². The van der Waals surface area contributed by atoms with E-state index in [-0.39, 0.29) is 22.9 Å². The molecule has 1 saturated heterocycles. The number of nitrogens with one attached hydrogen (secondary N) is 2. The van der Waals surface area contributed by atoms with Gasteiger partial charge in [-0.05, 0) is 63.5 Å². The Hall–Kier alpha value is -2.97. The number of carbonyl (C=O) groups excluding carboxylic acids is 1. The number of pyridine rings is 2. The Morgan fingerprint density at radius 1 is 1.15 bits per heavy atom. The number of likely N-dealkylation sites (tertiary alicyclic amines) is 1. The van der Waals surface area contributed by atoms with Crippen LogP contribution in [0.1, 0.15) is 42.5 Å². The number of aromatic nitrogens is 2. The van der Waals surface area contributed by atoms with Crippen molar-refractivity contribution in [3.8, 4) is 0 Å². The van der Waals surface area contributed by atoms with E-state index in [1.54, 1.807) is 0 Å². The Bertz CT molecular complexity index is 1440. The van der Waals surface area contributed by atoms with Crippen molar-refractivity contribution < 1.29 is 4.79 Å². The molecular formula is C25H27N5O2S. The molecule has 1 atom stereocenters. The van der Waals surface area contributed by atoms with E-state index < -0.39 is 0 Å². The highest BCUT2D eigenvalue weighted by molar-refractivity contribution is 7.24. The average molecular weight is 462 g/mol. The lowest BCUT2D eigenvalue weighted by Gasteiger charge is -2.32. The number of hydrogen-bond donors (Lipinski definition) is 2. The molecule has 0 radical (unpaired) electrons. The number of para-hydroxylation sites is 1. The van der Waals surface area contributed by atoms with Gasteiger partial charge in [0.2, 0.25) is 5.43 Å². The summed E-state index contributed by atoms with van der Waals surface area (Å²) in [6, 6.07) is 12.3. The van der Waals surface area contributed by atoms with E-state index in [1.807, 2.05) is 40.8 Å². The third-order valence-corrected chi connectivity index (χ3v) is 8.01. The van der Waals surface area contributed by atoms with Gasteiger partial charge in [0.1, 0.15) is 16.2 Å². The van der Waals surface area contributed by atoms with E-state index in [0.717, 1.165) is 42.0 Å². The zero-order chi connectivity index (χ0) is 22.5. The molecule has 2 fully saturated rings. The first-order valence-corrected chi connectivity index (χ1v) is 12.5. The molecule has 170 valence electrons. The minimum Gasteiger partial charge on any atom is -0.368 e. The number of benzene rings is 1. The Kier molecular flexibility index (Phi) is 5.07. The van der Waals surface area contributed by atoms with E-state index in [9.17, 15) is 9.59 Å². The summed E-state index contributed by atoms with van der Waals surface area (Å²) < 4.78 is 3.00. The highest BCUT2D eigenvalue weighted by Gasteiger charge is 2.28. The molecule has 3 aromatic heterocycles. The van der Waals surface area contributed by atoms with Crippen LogP contribution in [0.4, 0.5) is 5.82 Å². The van der Waals surface area contributed by atoms with Crippen LogP contribution in [-0.2, 0) is 0 Å². The first kappa shape index (κ1) is 20.6. The maximum Gasteiger partial charge on any atom is 0.258 e. The van der Waals surface area contributed by atoms with Gasteiger partial charge in [0, 0.05) is 18.6 Å². The van der Waals surface area contributed by atoms with Crippen LogP contribution in [0.15, 0.2) is 41.2 Å². The third-order valence-electron chi connectivity index (χ3n) is 6.87. The number of likely N-dealkylation sites (N-methyl/N-ethyl adjacent to an activating group) is 1. The fourth-order valence-corrected chi connectivity index (χ4v) is 5.98. The summed E-state index contributed by atoms with van der Waals surface area (Å²) >= 11 is 1.47. The molecule has 7 nitrogen and oxygen atoms in total. The first-order valence-electron chi connectivity index (χ1n) is 11.7. The summed E-state index contributed by atoms with van der Waals surface area (Å²) in [5.74, 6) is 0.469. The molecule has 1 unspecified atom stereocenters. The van der Waals surface area contributed by atoms with Crippen molar-refractivity contribution >= 4 is 49.1 Å². The lowest BCUT2D eigenvalue weighted by Crippen LogP contribution is -2.40. The molecule has 8 heteroatoms. The Labute approximate surface area is 195 Å². The summed E-state index contributed by atoms with van der Waals surface area (Å²) in [6.45, 7) is 1.94. The van der Waals surface area contributed by atoms with Gasteiger partial charge in [-0.2, -0.15) is 0 Å². The molecule has 1 saturated carbocycles. The number of fused-ring (bicyclic) bond motifs is 5. The van der Waals surface area contributed by atoms with Crippen molar-refractivity contribution in [2.45, 2.75) is 44.2 Å². The first-order chi connectivity index (χ1) is 16.1. The van der Waals surface area contributed by atoms with Crippen molar-refractivity contribution in [1.82, 2.24) is 19.6 Å². The van der Waals surface area contributed by atoms with Gasteiger partial charge in [-0.25, -0.2) is 4.98 Å². The van der Waals surface area contributed by atoms with Crippen molar-refractivity contribution in [2.24, 2.45) is 0 Å². The largest absolute Gasteiger partial charge is 0.368 e. The van der Waals surface area contributed by atoms with Gasteiger partial charge in [0.05, 0.1) is 15.6 Å². The quantitative estimate of drug-likeness (QED) is 0.472. The normalized spacial score (nSPS) is 19.4. The fourth-order valence-electron chi connectivity index (χ4n) is 4.80. The van der Waals surface area contributed by atoms with Crippen LogP contribution in [0, 0.1) is 0 Å². The Morgan fingerprint density at radius 2 is 2.00 bits per heavy atom. The molecule has 0 bridgehead atoms. The van der Waals surface area contributed by atoms with Gasteiger partial charge < -0.3 is 15.5 Å². The summed E-state index contributed by atoms with van der Waals surface area (Å²) in [5, 5.41) is 6.96. The number of piperidine rings is 1. The molecule has 1 aliphatic carbocycles. The van der Waals surface area contributed by atoms with Gasteiger partial charge in [-0.1, -0.05) is 18.6 Å². The van der Waals surface area contributed by atoms with Crippen LogP contribution >= 0.6 is 11.3 Å². The minimum absolute atomic E-state index is 0.185. The minimum atomic E-state index is -0.281. The van der Waals surface area contributed by atoms with Crippen LogP contribution < -0.4 is 16.1 Å². The predicted molar refractivity (Wildman–Crippen MR) is 134 cm³/mol. The predicted octanol–water partition coefficient (Wildman–Crippen LogP) is 3.85. The van der Waals surface area contributed by atoms with Gasteiger partial charge in [-0.3, -0.25) is 14.0 Å². The second kappa shape index (κ2) is 8.11. The lowest BCUT2D eigenvalue weighted by atomic mass is 10.0. The SMILES string of the molecule is CN1CCCCC1CNc1ccc2c(=O)c(C(=O)NC3CC3)c3sc4ccccc4n3c2n1. The molecular weight excluding hydrogens is 434 g/mol. The second-order valence-electron chi connectivity index (χ2n) is 9.24. The van der Waals surface area contributed by atoms with Gasteiger partial charge >= 0.3 is 0 Å². The number of carbonyl (C=O) groups is 1. The van der Waals surface area contributed by atoms with Gasteiger partial charge in [0.25, 0.3) is 5.91 Å². The van der Waals surface area contributed by atoms with E-state index >= 15 is 0 Å². The molecule has 2 N–H and O–H groups in total. The van der Waals surface area contributed by atoms with Crippen LogP contribution in [0.2, 0.25) is 0 Å². The zero-order valence-corrected chi connectivity index (χ0v) is 19.5. The summed E-state index contributed by atoms with van der Waals surface area (Å²) in [6.07, 6.45) is 5.63. The Balaban J connectivity index is 1.48. The lowest BCUT2D eigenvalue weighted by molar-refractivity contribution is 0.0951. The molecule has 1 amide bonds. The maximum atomic E-state index is 13.5. The zero-order valence-electron chi connectivity index (χ0n) is 18.6. The molecule has 1 aliphatic heterocycles. The highest BCUT2D eigenvalue weighted by atomic mass is 32.1. The average Bonchev–Trinajstić information content (AvgIpc) is 3.55. The molecule has 4 aromatic rings. The number of hydrogen-bond acceptors (Lipinski definition) is 6. The van der Waals surface area contributed by atoms with Crippen molar-refractivity contribution in [2.75, 3.05) is 25.5 Å². The summed E-state index contributed by atoms with van der Waals surface area (Å²) in [4.78, 5) is 34.5. The topological polar surface area (TPSA) is 78.7 Å². The smallest absolute Gasteiger partial charge is 0.258 e. The van der Waals surface area contributed by atoms with Crippen LogP contribution in [0.5, 0.6) is 0 Å². The molecule has 0 spiro atoms. The summed E-state index contributed by atoms with van der Waals surface area (Å²) in [7, 11) is 2.17. The molecule has 33 heavy (non-hydrogen) atoms. The van der Waals surface area contributed by atoms with Crippen LogP contribution in [0.25, 0.3) is 26.1 Å². The van der Waals surface area contributed by atoms with E-state index in [0.29, 0.717) is 21.9 Å². The second-order valence-corrected chi connectivity index (χ2v) is 10.3.